The summed E-state index contributed by atoms with van der Waals surface area (Å²) in [5.74, 6) is 0.0344. The standard InChI is InChI=1S/C20H26N4O2S/c1-12-6-13(2)8-15(7-12)24-11-14(9-17(24)26)18-22-23-19(27-18)21-16(25)10-20(3,4)5/h6-8,14H,9-11H2,1-5H3,(H,21,23,25). The molecule has 1 aromatic carbocycles. The molecule has 27 heavy (non-hydrogen) atoms. The largest absolute Gasteiger partial charge is 0.312 e. The van der Waals surface area contributed by atoms with Gasteiger partial charge in [-0.05, 0) is 42.5 Å². The third-order valence-corrected chi connectivity index (χ3v) is 5.37. The van der Waals surface area contributed by atoms with Crippen molar-refractivity contribution >= 4 is 34.0 Å². The minimum atomic E-state index is -0.0814. The van der Waals surface area contributed by atoms with Crippen LogP contribution in [0.5, 0.6) is 0 Å². The second kappa shape index (κ2) is 7.38. The Morgan fingerprint density at radius 3 is 2.52 bits per heavy atom. The average molecular weight is 387 g/mol. The molecule has 7 heteroatoms. The normalized spacial score (nSPS) is 17.4. The van der Waals surface area contributed by atoms with E-state index >= 15 is 0 Å². The minimum Gasteiger partial charge on any atom is -0.312 e. The number of hydrogen-bond donors (Lipinski definition) is 1. The molecule has 1 aliphatic rings. The van der Waals surface area contributed by atoms with Crippen molar-refractivity contribution in [2.24, 2.45) is 5.41 Å². The lowest BCUT2D eigenvalue weighted by molar-refractivity contribution is -0.118. The summed E-state index contributed by atoms with van der Waals surface area (Å²) in [7, 11) is 0. The second-order valence-electron chi connectivity index (χ2n) is 8.48. The van der Waals surface area contributed by atoms with Crippen LogP contribution in [0.1, 0.15) is 55.7 Å². The van der Waals surface area contributed by atoms with E-state index in [-0.39, 0.29) is 23.1 Å². The molecule has 2 aromatic rings. The van der Waals surface area contributed by atoms with Gasteiger partial charge in [-0.25, -0.2) is 0 Å². The zero-order valence-corrected chi connectivity index (χ0v) is 17.3. The third kappa shape index (κ3) is 4.91. The first-order valence-corrected chi connectivity index (χ1v) is 9.94. The minimum absolute atomic E-state index is 0.00378. The van der Waals surface area contributed by atoms with Crippen LogP contribution in [-0.4, -0.2) is 28.6 Å². The Kier molecular flexibility index (Phi) is 5.33. The van der Waals surface area contributed by atoms with Gasteiger partial charge in [0.2, 0.25) is 16.9 Å². The summed E-state index contributed by atoms with van der Waals surface area (Å²) >= 11 is 1.36. The Labute approximate surface area is 164 Å². The van der Waals surface area contributed by atoms with Crippen LogP contribution in [0.2, 0.25) is 0 Å². The van der Waals surface area contributed by atoms with Crippen molar-refractivity contribution in [1.29, 1.82) is 0 Å². The van der Waals surface area contributed by atoms with Crippen LogP contribution in [0.25, 0.3) is 0 Å². The number of hydrogen-bond acceptors (Lipinski definition) is 5. The van der Waals surface area contributed by atoms with Gasteiger partial charge in [-0.3, -0.25) is 9.59 Å². The van der Waals surface area contributed by atoms with Gasteiger partial charge >= 0.3 is 0 Å². The molecule has 2 amide bonds. The van der Waals surface area contributed by atoms with E-state index in [1.54, 1.807) is 0 Å². The summed E-state index contributed by atoms with van der Waals surface area (Å²) < 4.78 is 0. The number of rotatable bonds is 4. The quantitative estimate of drug-likeness (QED) is 0.860. The summed E-state index contributed by atoms with van der Waals surface area (Å²) in [6.07, 6.45) is 0.835. The van der Waals surface area contributed by atoms with Crippen LogP contribution < -0.4 is 10.2 Å². The topological polar surface area (TPSA) is 75.2 Å². The highest BCUT2D eigenvalue weighted by Crippen LogP contribution is 2.35. The van der Waals surface area contributed by atoms with Crippen molar-refractivity contribution < 1.29 is 9.59 Å². The zero-order valence-electron chi connectivity index (χ0n) is 16.5. The fraction of sp³-hybridized carbons (Fsp3) is 0.500. The second-order valence-corrected chi connectivity index (χ2v) is 9.49. The van der Waals surface area contributed by atoms with Gasteiger partial charge in [0.25, 0.3) is 0 Å². The highest BCUT2D eigenvalue weighted by molar-refractivity contribution is 7.15. The van der Waals surface area contributed by atoms with Gasteiger partial charge in [-0.15, -0.1) is 10.2 Å². The Balaban J connectivity index is 1.69. The van der Waals surface area contributed by atoms with Crippen LogP contribution in [0.4, 0.5) is 10.8 Å². The van der Waals surface area contributed by atoms with E-state index in [1.807, 2.05) is 51.7 Å². The number of benzene rings is 1. The molecule has 6 nitrogen and oxygen atoms in total. The molecule has 0 bridgehead atoms. The molecule has 1 unspecified atom stereocenters. The lowest BCUT2D eigenvalue weighted by Gasteiger charge is -2.17. The van der Waals surface area contributed by atoms with Crippen molar-refractivity contribution in [2.75, 3.05) is 16.8 Å². The van der Waals surface area contributed by atoms with Gasteiger partial charge in [0.1, 0.15) is 5.01 Å². The van der Waals surface area contributed by atoms with E-state index in [2.05, 4.69) is 21.6 Å². The molecule has 0 radical (unpaired) electrons. The van der Waals surface area contributed by atoms with E-state index in [4.69, 9.17) is 0 Å². The van der Waals surface area contributed by atoms with Crippen LogP contribution in [0, 0.1) is 19.3 Å². The fourth-order valence-corrected chi connectivity index (χ4v) is 4.18. The van der Waals surface area contributed by atoms with Gasteiger partial charge in [0, 0.05) is 31.0 Å². The monoisotopic (exact) mass is 386 g/mol. The highest BCUT2D eigenvalue weighted by Gasteiger charge is 2.34. The van der Waals surface area contributed by atoms with Gasteiger partial charge in [-0.1, -0.05) is 38.2 Å². The first-order valence-electron chi connectivity index (χ1n) is 9.13. The predicted molar refractivity (Wildman–Crippen MR) is 108 cm³/mol. The SMILES string of the molecule is Cc1cc(C)cc(N2CC(c3nnc(NC(=O)CC(C)(C)C)s3)CC2=O)c1. The van der Waals surface area contributed by atoms with Crippen LogP contribution in [-0.2, 0) is 9.59 Å². The zero-order chi connectivity index (χ0) is 19.8. The lowest BCUT2D eigenvalue weighted by atomic mass is 9.92. The smallest absolute Gasteiger partial charge is 0.227 e. The molecule has 3 rings (SSSR count). The molecule has 1 aromatic heterocycles. The third-order valence-electron chi connectivity index (χ3n) is 4.37. The summed E-state index contributed by atoms with van der Waals surface area (Å²) in [6.45, 7) is 10.7. The fourth-order valence-electron chi connectivity index (χ4n) is 3.32. The molecule has 1 atom stereocenters. The maximum absolute atomic E-state index is 12.5. The molecule has 0 spiro atoms. The molecular weight excluding hydrogens is 360 g/mol. The molecule has 1 N–H and O–H groups in total. The van der Waals surface area contributed by atoms with Crippen LogP contribution in [0.3, 0.4) is 0 Å². The number of aromatic nitrogens is 2. The first-order chi connectivity index (χ1) is 12.6. The highest BCUT2D eigenvalue weighted by atomic mass is 32.1. The van der Waals surface area contributed by atoms with E-state index < -0.39 is 0 Å². The van der Waals surface area contributed by atoms with Gasteiger partial charge in [-0.2, -0.15) is 0 Å². The molecule has 1 aliphatic heterocycles. The number of nitrogens with zero attached hydrogens (tertiary/aromatic N) is 3. The van der Waals surface area contributed by atoms with Gasteiger partial charge in [0.15, 0.2) is 0 Å². The molecular formula is C20H26N4O2S. The van der Waals surface area contributed by atoms with Gasteiger partial charge in [0.05, 0.1) is 0 Å². The Hall–Kier alpha value is -2.28. The first kappa shape index (κ1) is 19.5. The summed E-state index contributed by atoms with van der Waals surface area (Å²) in [5, 5.41) is 12.4. The number of anilines is 2. The summed E-state index contributed by atoms with van der Waals surface area (Å²) in [4.78, 5) is 26.4. The predicted octanol–water partition coefficient (Wildman–Crippen LogP) is 4.05. The van der Waals surface area contributed by atoms with E-state index in [0.717, 1.165) is 21.8 Å². The lowest BCUT2D eigenvalue weighted by Crippen LogP contribution is -2.24. The summed E-state index contributed by atoms with van der Waals surface area (Å²) in [5.41, 5.74) is 3.13. The number of amides is 2. The van der Waals surface area contributed by atoms with E-state index in [9.17, 15) is 9.59 Å². The maximum Gasteiger partial charge on any atom is 0.227 e. The number of nitrogens with one attached hydrogen (secondary N) is 1. The molecule has 0 saturated carbocycles. The average Bonchev–Trinajstić information content (AvgIpc) is 3.10. The van der Waals surface area contributed by atoms with E-state index in [0.29, 0.717) is 24.5 Å². The molecule has 1 saturated heterocycles. The Morgan fingerprint density at radius 1 is 1.22 bits per heavy atom. The van der Waals surface area contributed by atoms with E-state index in [1.165, 1.54) is 11.3 Å². The van der Waals surface area contributed by atoms with Crippen molar-refractivity contribution in [3.05, 3.63) is 34.3 Å². The maximum atomic E-state index is 12.5. The summed E-state index contributed by atoms with van der Waals surface area (Å²) in [6, 6.07) is 6.16. The van der Waals surface area contributed by atoms with Crippen LogP contribution >= 0.6 is 11.3 Å². The number of aryl methyl sites for hydroxylation is 2. The molecule has 2 heterocycles. The molecule has 144 valence electrons. The number of carbonyl (C=O) groups is 2. The molecule has 0 aliphatic carbocycles. The number of carbonyl (C=O) groups excluding carboxylic acids is 2. The van der Waals surface area contributed by atoms with Crippen molar-refractivity contribution in [1.82, 2.24) is 10.2 Å². The van der Waals surface area contributed by atoms with Crippen LogP contribution in [0.15, 0.2) is 18.2 Å². The molecule has 1 fully saturated rings. The Bertz CT molecular complexity index is 849. The van der Waals surface area contributed by atoms with Crippen molar-refractivity contribution in [3.8, 4) is 0 Å². The van der Waals surface area contributed by atoms with Crippen molar-refractivity contribution in [3.63, 3.8) is 0 Å². The Morgan fingerprint density at radius 2 is 1.89 bits per heavy atom. The van der Waals surface area contributed by atoms with Crippen molar-refractivity contribution in [2.45, 2.75) is 53.4 Å². The van der Waals surface area contributed by atoms with Gasteiger partial charge < -0.3 is 10.2 Å².